The minimum Gasteiger partial charge on any atom is -0.478 e. The average molecular weight is 1660 g/mol. The normalized spacial score (nSPS) is 17.8. The summed E-state index contributed by atoms with van der Waals surface area (Å²) in [6.45, 7) is 7.77. The Bertz CT molecular complexity index is 4770. The molecule has 0 unspecified atom stereocenters. The molecule has 14 rings (SSSR count). The van der Waals surface area contributed by atoms with Crippen LogP contribution in [0.15, 0.2) is 114 Å². The van der Waals surface area contributed by atoms with E-state index in [0.717, 1.165) is 133 Å². The molecule has 6 fully saturated rings. The number of methoxy groups -OCH3 is 2. The van der Waals surface area contributed by atoms with Crippen molar-refractivity contribution in [1.29, 1.82) is 0 Å². The molecule has 27 nitrogen and oxygen atoms in total. The van der Waals surface area contributed by atoms with Crippen molar-refractivity contribution in [2.24, 2.45) is 31.3 Å². The number of aryl methyl sites for hydroxylation is 3. The first-order chi connectivity index (χ1) is 53.7. The second kappa shape index (κ2) is 37.5. The van der Waals surface area contributed by atoms with Gasteiger partial charge in [0.1, 0.15) is 11.6 Å². The number of carboxylic acids is 1. The molecule has 2 aliphatic heterocycles. The first-order valence-corrected chi connectivity index (χ1v) is 37.1. The number of hydrogen-bond acceptors (Lipinski definition) is 21. The zero-order valence-corrected chi connectivity index (χ0v) is 64.7. The van der Waals surface area contributed by atoms with Gasteiger partial charge in [-0.2, -0.15) is 49.7 Å². The number of benzene rings is 4. The number of carbonyl (C=O) groups is 6. The van der Waals surface area contributed by atoms with E-state index in [9.17, 15) is 68.3 Å². The number of halogens is 10. The van der Waals surface area contributed by atoms with Crippen molar-refractivity contribution < 1.29 is 92.9 Å². The Morgan fingerprint density at radius 2 is 0.956 bits per heavy atom. The highest BCUT2D eigenvalue weighted by Crippen LogP contribution is 2.46. The van der Waals surface area contributed by atoms with Crippen LogP contribution >= 0.6 is 15.9 Å². The fourth-order valence-electron chi connectivity index (χ4n) is 12.7. The van der Waals surface area contributed by atoms with E-state index in [0.29, 0.717) is 45.9 Å². The van der Waals surface area contributed by atoms with Gasteiger partial charge < -0.3 is 67.6 Å². The molecule has 114 heavy (non-hydrogen) atoms. The predicted molar refractivity (Wildman–Crippen MR) is 407 cm³/mol. The molecule has 4 atom stereocenters. The summed E-state index contributed by atoms with van der Waals surface area (Å²) in [6, 6.07) is 16.9. The van der Waals surface area contributed by atoms with E-state index in [4.69, 9.17) is 37.3 Å². The van der Waals surface area contributed by atoms with E-state index in [-0.39, 0.29) is 69.4 Å². The van der Waals surface area contributed by atoms with E-state index in [1.807, 2.05) is 13.0 Å². The predicted octanol–water partition coefficient (Wildman–Crippen LogP) is 12.9. The van der Waals surface area contributed by atoms with Gasteiger partial charge in [0.25, 0.3) is 17.7 Å². The van der Waals surface area contributed by atoms with Gasteiger partial charge in [-0.05, 0) is 179 Å². The number of aromatic carboxylic acids is 1. The number of carbonyl (C=O) groups excluding carboxylic acids is 5. The van der Waals surface area contributed by atoms with Crippen LogP contribution in [-0.2, 0) is 42.1 Å². The third kappa shape index (κ3) is 23.7. The molecular formula is C76H87BBrF9N16O11. The minimum atomic E-state index is -4.61. The lowest BCUT2D eigenvalue weighted by atomic mass is 9.84. The monoisotopic (exact) mass is 1660 g/mol. The maximum Gasteiger partial charge on any atom is 0.454 e. The summed E-state index contributed by atoms with van der Waals surface area (Å²) in [7, 11) is 4.67. The number of amides is 3. The van der Waals surface area contributed by atoms with Crippen molar-refractivity contribution in [3.05, 3.63) is 187 Å². The highest BCUT2D eigenvalue weighted by molar-refractivity contribution is 9.10. The molecular weight excluding hydrogens is 1570 g/mol. The van der Waals surface area contributed by atoms with Gasteiger partial charge in [-0.15, -0.1) is 0 Å². The Morgan fingerprint density at radius 1 is 0.553 bits per heavy atom. The zero-order valence-electron chi connectivity index (χ0n) is 63.1. The number of esters is 2. The van der Waals surface area contributed by atoms with Gasteiger partial charge in [0.15, 0.2) is 23.0 Å². The lowest BCUT2D eigenvalue weighted by Gasteiger charge is -2.40. The van der Waals surface area contributed by atoms with Gasteiger partial charge in [0, 0.05) is 73.8 Å². The molecule has 12 N–H and O–H groups in total. The van der Waals surface area contributed by atoms with Crippen molar-refractivity contribution in [2.45, 2.75) is 164 Å². The zero-order chi connectivity index (χ0) is 83.4. The minimum absolute atomic E-state index is 0.0197. The number of hydrogen-bond donors (Lipinski definition) is 9. The van der Waals surface area contributed by atoms with Crippen LogP contribution < -0.4 is 43.0 Å². The van der Waals surface area contributed by atoms with Crippen LogP contribution in [0.5, 0.6) is 0 Å². The van der Waals surface area contributed by atoms with E-state index in [2.05, 4.69) is 102 Å². The molecule has 6 heterocycles. The summed E-state index contributed by atoms with van der Waals surface area (Å²) in [5.41, 5.74) is 18.4. The number of rotatable bonds is 17. The van der Waals surface area contributed by atoms with Crippen molar-refractivity contribution >= 4 is 93.3 Å². The molecule has 0 spiro atoms. The Hall–Kier alpha value is -10.7. The fourth-order valence-corrected chi connectivity index (χ4v) is 13.0. The quantitative estimate of drug-likeness (QED) is 0.0232. The van der Waals surface area contributed by atoms with Crippen LogP contribution in [0.3, 0.4) is 0 Å². The number of piperidine rings is 2. The van der Waals surface area contributed by atoms with Crippen molar-refractivity contribution in [3.8, 4) is 0 Å². The van der Waals surface area contributed by atoms with Crippen molar-refractivity contribution in [2.75, 3.05) is 47.7 Å². The number of ether oxygens (including phenoxy) is 2. The Kier molecular flexibility index (Phi) is 28.7. The molecule has 38 heteroatoms. The summed E-state index contributed by atoms with van der Waals surface area (Å²) in [6.07, 6.45) is 8.03. The molecule has 4 aromatic carbocycles. The summed E-state index contributed by atoms with van der Waals surface area (Å²) in [4.78, 5) is 91.8. The van der Waals surface area contributed by atoms with Gasteiger partial charge in [-0.3, -0.25) is 23.7 Å². The molecule has 4 aliphatic carbocycles. The second-order valence-corrected chi connectivity index (χ2v) is 29.2. The SMILES string of the molecule is COC(=O)c1ccc(Br)cc1C(F)(F)F.COC(=O)c1ccc(C2CC2)cc1C(F)(F)F.C[C@@H]1[C@H](N)CCCN1c1cnc(C(N)=O)c(Nc2cnn(C)c2)n1.Cc1cc(C2CC2)ccc1C(=O)N[C@@H]1CCCN(c2cnc(C(N)=O)c(Nc3cnn(C)c3)n2)[C@@H]1C.O=C(O)c1ccc(C2CC2)cc1C(F)(F)F.OB(O)C1CC1. The van der Waals surface area contributed by atoms with Crippen LogP contribution in [0, 0.1) is 6.92 Å². The molecule has 4 saturated carbocycles. The number of primary amides is 2. The number of nitrogens with one attached hydrogen (secondary N) is 3. The van der Waals surface area contributed by atoms with Crippen LogP contribution in [0.25, 0.3) is 0 Å². The summed E-state index contributed by atoms with van der Waals surface area (Å²) < 4.78 is 126. The Labute approximate surface area is 658 Å². The largest absolute Gasteiger partial charge is 0.478 e. The van der Waals surface area contributed by atoms with Gasteiger partial charge in [0.05, 0.1) is 83.8 Å². The molecule has 6 aliphatic rings. The van der Waals surface area contributed by atoms with Crippen LogP contribution in [-0.4, -0.2) is 149 Å². The third-order valence-electron chi connectivity index (χ3n) is 19.6. The van der Waals surface area contributed by atoms with Gasteiger partial charge in [0.2, 0.25) is 0 Å². The third-order valence-corrected chi connectivity index (χ3v) is 20.1. The summed E-state index contributed by atoms with van der Waals surface area (Å²) >= 11 is 2.91. The van der Waals surface area contributed by atoms with Gasteiger partial charge in [-0.25, -0.2) is 34.3 Å². The number of aromatic nitrogens is 8. The highest BCUT2D eigenvalue weighted by atomic mass is 79.9. The number of nitrogens with two attached hydrogens (primary N) is 3. The van der Waals surface area contributed by atoms with Crippen LogP contribution in [0.4, 0.5) is 74.2 Å². The maximum absolute atomic E-state index is 13.2. The Balaban J connectivity index is 0.000000167. The molecule has 2 saturated heterocycles. The summed E-state index contributed by atoms with van der Waals surface area (Å²) in [5, 5.41) is 42.8. The first-order valence-electron chi connectivity index (χ1n) is 36.3. The van der Waals surface area contributed by atoms with Gasteiger partial charge in [-0.1, -0.05) is 53.0 Å². The molecule has 0 bridgehead atoms. The number of anilines is 6. The van der Waals surface area contributed by atoms with E-state index in [1.165, 1.54) is 36.6 Å². The van der Waals surface area contributed by atoms with Crippen molar-refractivity contribution in [1.82, 2.24) is 44.8 Å². The number of carboxylic acid groups (broad SMARTS) is 1. The lowest BCUT2D eigenvalue weighted by Crippen LogP contribution is -2.54. The highest BCUT2D eigenvalue weighted by Gasteiger charge is 2.41. The molecule has 610 valence electrons. The average Bonchev–Trinajstić information content (AvgIpc) is 1.47. The smallest absolute Gasteiger partial charge is 0.454 e. The Morgan fingerprint density at radius 3 is 1.33 bits per heavy atom. The lowest BCUT2D eigenvalue weighted by molar-refractivity contribution is -0.138. The molecule has 3 amide bonds. The first kappa shape index (κ1) is 87.2. The van der Waals surface area contributed by atoms with Crippen LogP contribution in [0.2, 0.25) is 5.82 Å². The molecule has 8 aromatic rings. The second-order valence-electron chi connectivity index (χ2n) is 28.3. The van der Waals surface area contributed by atoms with E-state index >= 15 is 0 Å². The van der Waals surface area contributed by atoms with Gasteiger partial charge >= 0.3 is 43.6 Å². The topological polar surface area (TPSA) is 389 Å². The van der Waals surface area contributed by atoms with Crippen molar-refractivity contribution in [3.63, 3.8) is 0 Å². The van der Waals surface area contributed by atoms with E-state index < -0.39 is 88.8 Å². The standard InChI is InChI=1S/C26H32N8O2.C15H22N8O.C12H11F3O2.C11H9F3O2.C9H6BrF3O2.C3H7BO2/c1-15-11-18(17-6-7-17)8-9-20(15)26(36)31-21-5-4-10-34(16(21)2)22-13-28-23(24(27)35)25(32-22)30-19-12-29-33(3)14-19;1-9-11(16)4-3-5-23(9)12-7-18-13(14(17)24)15(21-12)20-10-6-19-22(2)8-10;1-17-11(16)9-5-4-8(7-2-3-7)6-10(9)12(13,14)15;12-11(13,14)9-5-7(6-1-2-6)3-4-8(9)10(15)16;1-15-8(14)6-3-2-5(10)4-7(6)9(11,12)13;5-4(6)3-1-2-3/h8-9,11-14,16-17,21H,4-7,10H2,1-3H3,(H2,27,35)(H,30,32)(H,31,36);6-9,11H,3-5,16H2,1-2H3,(H2,17,24)(H,20,21);4-7H,2-3H2,1H3;3-6H,1-2H2,(H,15,16);2-4H,1H3;3,5-6H,1-2H2/t16-,21-;9-,11-;;;;/m11..../s1. The van der Waals surface area contributed by atoms with Crippen LogP contribution in [0.1, 0.15) is 210 Å². The molecule has 4 aromatic heterocycles. The van der Waals surface area contributed by atoms with E-state index in [1.54, 1.807) is 66.7 Å². The number of alkyl halides is 9. The number of nitrogens with zero attached hydrogens (tertiary/aromatic N) is 10. The molecule has 0 radical (unpaired) electrons. The summed E-state index contributed by atoms with van der Waals surface area (Å²) in [5.74, 6) is -1.73. The fraction of sp³-hybridized carbons (Fsp3) is 0.421. The maximum atomic E-state index is 13.2.